The zero-order valence-corrected chi connectivity index (χ0v) is 12.0. The Morgan fingerprint density at radius 1 is 1.36 bits per heavy atom. The zero-order valence-electron chi connectivity index (χ0n) is 12.0. The average Bonchev–Trinajstić information content (AvgIpc) is 2.91. The second kappa shape index (κ2) is 6.97. The molecule has 1 aromatic carbocycles. The lowest BCUT2D eigenvalue weighted by Crippen LogP contribution is -2.28. The summed E-state index contributed by atoms with van der Waals surface area (Å²) in [7, 11) is 0. The van der Waals surface area contributed by atoms with Gasteiger partial charge in [0.25, 0.3) is 5.91 Å². The molecular weight excluding hydrogens is 296 g/mol. The molecule has 1 atom stereocenters. The van der Waals surface area contributed by atoms with Gasteiger partial charge in [-0.2, -0.15) is 13.8 Å². The Morgan fingerprint density at radius 3 is 2.55 bits per heavy atom. The van der Waals surface area contributed by atoms with Crippen molar-refractivity contribution in [2.75, 3.05) is 0 Å². The number of carbonyl (C=O) groups is 1. The largest absolute Gasteiger partial charge is 0.435 e. The molecule has 0 spiro atoms. The molecule has 0 bridgehead atoms. The van der Waals surface area contributed by atoms with Gasteiger partial charge in [0.05, 0.1) is 0 Å². The number of hydrogen-bond acceptors (Lipinski definition) is 5. The Morgan fingerprint density at radius 2 is 2.05 bits per heavy atom. The maximum Gasteiger partial charge on any atom is 0.387 e. The maximum absolute atomic E-state index is 12.1. The molecule has 0 radical (unpaired) electrons. The fraction of sp³-hybridized carbons (Fsp3) is 0.357. The molecule has 2 aromatic rings. The smallest absolute Gasteiger partial charge is 0.387 e. The third-order valence-corrected chi connectivity index (χ3v) is 2.90. The molecule has 1 aromatic heterocycles. The van der Waals surface area contributed by atoms with Crippen molar-refractivity contribution in [3.05, 3.63) is 41.5 Å². The minimum Gasteiger partial charge on any atom is -0.435 e. The Bertz CT molecular complexity index is 629. The van der Waals surface area contributed by atoms with Crippen LogP contribution in [0, 0.1) is 6.92 Å². The maximum atomic E-state index is 12.1. The molecule has 0 aliphatic carbocycles. The third-order valence-electron chi connectivity index (χ3n) is 2.90. The van der Waals surface area contributed by atoms with Gasteiger partial charge in [-0.25, -0.2) is 0 Å². The minimum absolute atomic E-state index is 0.00822. The van der Waals surface area contributed by atoms with Crippen LogP contribution in [0.2, 0.25) is 0 Å². The molecule has 1 amide bonds. The highest BCUT2D eigenvalue weighted by Gasteiger charge is 2.19. The van der Waals surface area contributed by atoms with Gasteiger partial charge < -0.3 is 14.6 Å². The Labute approximate surface area is 125 Å². The van der Waals surface area contributed by atoms with Gasteiger partial charge in [0.15, 0.2) is 5.82 Å². The van der Waals surface area contributed by atoms with E-state index in [2.05, 4.69) is 20.2 Å². The molecule has 0 aliphatic heterocycles. The van der Waals surface area contributed by atoms with E-state index in [-0.39, 0.29) is 11.7 Å². The van der Waals surface area contributed by atoms with Gasteiger partial charge in [0.2, 0.25) is 5.89 Å². The molecule has 0 saturated heterocycles. The van der Waals surface area contributed by atoms with Crippen molar-refractivity contribution >= 4 is 5.91 Å². The van der Waals surface area contributed by atoms with Crippen LogP contribution in [0.25, 0.3) is 0 Å². The molecule has 0 fully saturated rings. The second-order valence-electron chi connectivity index (χ2n) is 4.52. The van der Waals surface area contributed by atoms with Gasteiger partial charge in [-0.15, -0.1) is 0 Å². The van der Waals surface area contributed by atoms with Crippen LogP contribution >= 0.6 is 0 Å². The molecule has 6 nitrogen and oxygen atoms in total. The number of halogens is 2. The standard InChI is InChI=1S/C14H15F2N3O3/c1-3-11(13-17-8(2)19-22-13)18-12(20)9-4-6-10(7-5-9)21-14(15)16/h4-7,11,14H,3H2,1-2H3,(H,18,20)/t11-/m0/s1. The van der Waals surface area contributed by atoms with E-state index in [0.717, 1.165) is 0 Å². The number of nitrogens with one attached hydrogen (secondary N) is 1. The van der Waals surface area contributed by atoms with E-state index in [1.165, 1.54) is 24.3 Å². The van der Waals surface area contributed by atoms with Gasteiger partial charge in [0, 0.05) is 5.56 Å². The first-order valence-corrected chi connectivity index (χ1v) is 6.65. The number of benzene rings is 1. The predicted octanol–water partition coefficient (Wildman–Crippen LogP) is 2.86. The van der Waals surface area contributed by atoms with Crippen LogP contribution in [0.3, 0.4) is 0 Å². The molecule has 8 heteroatoms. The van der Waals surface area contributed by atoms with E-state index < -0.39 is 12.7 Å². The van der Waals surface area contributed by atoms with Crippen molar-refractivity contribution in [3.8, 4) is 5.75 Å². The van der Waals surface area contributed by atoms with Gasteiger partial charge >= 0.3 is 6.61 Å². The number of nitrogens with zero attached hydrogens (tertiary/aromatic N) is 2. The normalized spacial score (nSPS) is 12.2. The summed E-state index contributed by atoms with van der Waals surface area (Å²) in [6, 6.07) is 5.00. The van der Waals surface area contributed by atoms with E-state index in [0.29, 0.717) is 23.7 Å². The van der Waals surface area contributed by atoms with E-state index in [1.807, 2.05) is 6.92 Å². The number of ether oxygens (including phenoxy) is 1. The summed E-state index contributed by atoms with van der Waals surface area (Å²) >= 11 is 0. The predicted molar refractivity (Wildman–Crippen MR) is 72.6 cm³/mol. The van der Waals surface area contributed by atoms with Crippen LogP contribution < -0.4 is 10.1 Å². The fourth-order valence-corrected chi connectivity index (χ4v) is 1.82. The van der Waals surface area contributed by atoms with Crippen molar-refractivity contribution < 1.29 is 22.8 Å². The van der Waals surface area contributed by atoms with Crippen LogP contribution in [0.5, 0.6) is 5.75 Å². The van der Waals surface area contributed by atoms with Crippen LogP contribution in [-0.4, -0.2) is 22.7 Å². The highest BCUT2D eigenvalue weighted by Crippen LogP contribution is 2.17. The molecular formula is C14H15F2N3O3. The first-order chi connectivity index (χ1) is 10.5. The van der Waals surface area contributed by atoms with E-state index in [4.69, 9.17) is 4.52 Å². The van der Waals surface area contributed by atoms with Crippen molar-refractivity contribution in [2.24, 2.45) is 0 Å². The number of rotatable bonds is 6. The highest BCUT2D eigenvalue weighted by atomic mass is 19.3. The third kappa shape index (κ3) is 4.00. The summed E-state index contributed by atoms with van der Waals surface area (Å²) in [5.74, 6) is 0.430. The van der Waals surface area contributed by atoms with Gasteiger partial charge in [-0.3, -0.25) is 4.79 Å². The second-order valence-corrected chi connectivity index (χ2v) is 4.52. The monoisotopic (exact) mass is 311 g/mol. The number of amides is 1. The quantitative estimate of drug-likeness (QED) is 0.887. The van der Waals surface area contributed by atoms with Crippen LogP contribution in [0.15, 0.2) is 28.8 Å². The summed E-state index contributed by atoms with van der Waals surface area (Å²) in [4.78, 5) is 16.2. The van der Waals surface area contributed by atoms with E-state index in [9.17, 15) is 13.6 Å². The number of alkyl halides is 2. The summed E-state index contributed by atoms with van der Waals surface area (Å²) in [6.07, 6.45) is 0.569. The molecule has 22 heavy (non-hydrogen) atoms. The summed E-state index contributed by atoms with van der Waals surface area (Å²) < 4.78 is 33.4. The first-order valence-electron chi connectivity index (χ1n) is 6.65. The van der Waals surface area contributed by atoms with E-state index in [1.54, 1.807) is 6.92 Å². The van der Waals surface area contributed by atoms with Crippen LogP contribution in [0.4, 0.5) is 8.78 Å². The van der Waals surface area contributed by atoms with Crippen molar-refractivity contribution in [1.82, 2.24) is 15.5 Å². The topological polar surface area (TPSA) is 77.2 Å². The van der Waals surface area contributed by atoms with Crippen molar-refractivity contribution in [3.63, 3.8) is 0 Å². The minimum atomic E-state index is -2.90. The molecule has 1 heterocycles. The number of carbonyl (C=O) groups excluding carboxylic acids is 1. The number of hydrogen-bond donors (Lipinski definition) is 1. The molecule has 118 valence electrons. The molecule has 0 aliphatic rings. The van der Waals surface area contributed by atoms with Gasteiger partial charge in [-0.05, 0) is 37.6 Å². The first kappa shape index (κ1) is 15.9. The SMILES string of the molecule is CC[C@H](NC(=O)c1ccc(OC(F)F)cc1)c1nc(C)no1. The Kier molecular flexibility index (Phi) is 5.03. The molecule has 1 N–H and O–H groups in total. The Hall–Kier alpha value is -2.51. The summed E-state index contributed by atoms with van der Waals surface area (Å²) in [5.41, 5.74) is 0.316. The lowest BCUT2D eigenvalue weighted by molar-refractivity contribution is -0.0498. The molecule has 2 rings (SSSR count). The van der Waals surface area contributed by atoms with Crippen molar-refractivity contribution in [1.29, 1.82) is 0 Å². The lowest BCUT2D eigenvalue weighted by Gasteiger charge is -2.13. The molecule has 0 unspecified atom stereocenters. The summed E-state index contributed by atoms with van der Waals surface area (Å²) in [6.45, 7) is 0.651. The molecule has 0 saturated carbocycles. The number of aryl methyl sites for hydroxylation is 1. The lowest BCUT2D eigenvalue weighted by atomic mass is 10.1. The zero-order chi connectivity index (χ0) is 16.1. The summed E-state index contributed by atoms with van der Waals surface area (Å²) in [5, 5.41) is 6.43. The average molecular weight is 311 g/mol. The van der Waals surface area contributed by atoms with Crippen LogP contribution in [0.1, 0.15) is 41.5 Å². The van der Waals surface area contributed by atoms with Crippen molar-refractivity contribution in [2.45, 2.75) is 32.9 Å². The highest BCUT2D eigenvalue weighted by molar-refractivity contribution is 5.94. The van der Waals surface area contributed by atoms with Gasteiger partial charge in [-0.1, -0.05) is 12.1 Å². The van der Waals surface area contributed by atoms with E-state index >= 15 is 0 Å². The fourth-order valence-electron chi connectivity index (χ4n) is 1.82. The Balaban J connectivity index is 2.04. The van der Waals surface area contributed by atoms with Crippen LogP contribution in [-0.2, 0) is 0 Å². The van der Waals surface area contributed by atoms with Gasteiger partial charge in [0.1, 0.15) is 11.8 Å². The number of aromatic nitrogens is 2.